The van der Waals surface area contributed by atoms with Crippen LogP contribution >= 0.6 is 11.8 Å². The molecule has 10 heteroatoms. The summed E-state index contributed by atoms with van der Waals surface area (Å²) in [6, 6.07) is 13.3. The fraction of sp³-hybridized carbons (Fsp3) is 0.211. The van der Waals surface area contributed by atoms with Gasteiger partial charge in [-0.05, 0) is 47.2 Å². The van der Waals surface area contributed by atoms with E-state index >= 15 is 0 Å². The van der Waals surface area contributed by atoms with Crippen LogP contribution in [-0.2, 0) is 5.75 Å². The number of nitrogens with zero attached hydrogens (tertiary/aromatic N) is 6. The van der Waals surface area contributed by atoms with Gasteiger partial charge in [-0.15, -0.1) is 5.10 Å². The van der Waals surface area contributed by atoms with Crippen LogP contribution in [0, 0.1) is 6.92 Å². The molecule has 4 rings (SSSR count). The summed E-state index contributed by atoms with van der Waals surface area (Å²) in [5.74, 6) is 2.81. The summed E-state index contributed by atoms with van der Waals surface area (Å²) in [4.78, 5) is 4.45. The van der Waals surface area contributed by atoms with E-state index in [4.69, 9.17) is 14.0 Å². The Labute approximate surface area is 171 Å². The number of methoxy groups -OCH3 is 2. The maximum Gasteiger partial charge on any atom is 0.237 e. The fourth-order valence-electron chi connectivity index (χ4n) is 2.70. The third-order valence-electron chi connectivity index (χ3n) is 4.12. The summed E-state index contributed by atoms with van der Waals surface area (Å²) in [6.45, 7) is 2.00. The van der Waals surface area contributed by atoms with Gasteiger partial charge in [0.1, 0.15) is 17.2 Å². The lowest BCUT2D eigenvalue weighted by Gasteiger charge is -2.09. The Morgan fingerprint density at radius 1 is 1.10 bits per heavy atom. The third-order valence-corrected chi connectivity index (χ3v) is 5.03. The topological polar surface area (TPSA) is 101 Å². The summed E-state index contributed by atoms with van der Waals surface area (Å²) < 4.78 is 17.7. The molecule has 0 aliphatic rings. The zero-order chi connectivity index (χ0) is 20.2. The minimum atomic E-state index is 0.422. The normalized spacial score (nSPS) is 10.9. The molecule has 0 radical (unpaired) electrons. The van der Waals surface area contributed by atoms with Crippen molar-refractivity contribution in [1.29, 1.82) is 0 Å². The van der Waals surface area contributed by atoms with E-state index in [0.29, 0.717) is 28.4 Å². The first-order valence-electron chi connectivity index (χ1n) is 8.71. The number of rotatable bonds is 7. The molecule has 0 fully saturated rings. The van der Waals surface area contributed by atoms with Crippen LogP contribution in [0.15, 0.2) is 52.1 Å². The molecule has 0 saturated carbocycles. The molecular formula is C19H18N6O3S. The van der Waals surface area contributed by atoms with Crippen molar-refractivity contribution in [2.75, 3.05) is 14.2 Å². The van der Waals surface area contributed by atoms with Crippen molar-refractivity contribution >= 4 is 11.8 Å². The van der Waals surface area contributed by atoms with Crippen LogP contribution < -0.4 is 9.47 Å². The van der Waals surface area contributed by atoms with Crippen molar-refractivity contribution in [3.63, 3.8) is 0 Å². The number of benzene rings is 2. The second-order valence-electron chi connectivity index (χ2n) is 6.08. The standard InChI is InChI=1S/C19H18N6O3S/c1-12-7-8-16(27-3)15(9-12)25-19(21-23-24-25)29-11-17-20-18(22-28-17)13-5-4-6-14(10-13)26-2/h4-10H,11H2,1-3H3. The van der Waals surface area contributed by atoms with Crippen LogP contribution in [0.4, 0.5) is 0 Å². The molecule has 0 atom stereocenters. The predicted octanol–water partition coefficient (Wildman–Crippen LogP) is 3.33. The molecule has 0 aliphatic heterocycles. The summed E-state index contributed by atoms with van der Waals surface area (Å²) in [6.07, 6.45) is 0. The number of tetrazole rings is 1. The number of hydrogen-bond acceptors (Lipinski definition) is 9. The Morgan fingerprint density at radius 3 is 2.83 bits per heavy atom. The number of thioether (sulfide) groups is 1. The molecule has 9 nitrogen and oxygen atoms in total. The van der Waals surface area contributed by atoms with E-state index in [1.807, 2.05) is 49.4 Å². The van der Waals surface area contributed by atoms with Crippen molar-refractivity contribution in [3.8, 4) is 28.6 Å². The van der Waals surface area contributed by atoms with Gasteiger partial charge in [-0.3, -0.25) is 0 Å². The van der Waals surface area contributed by atoms with Crippen LogP contribution in [-0.4, -0.2) is 44.6 Å². The number of aromatic nitrogens is 6. The lowest BCUT2D eigenvalue weighted by atomic mass is 10.2. The average molecular weight is 410 g/mol. The van der Waals surface area contributed by atoms with Gasteiger partial charge >= 0.3 is 0 Å². The van der Waals surface area contributed by atoms with Gasteiger partial charge < -0.3 is 14.0 Å². The first-order chi connectivity index (χ1) is 14.2. The molecule has 29 heavy (non-hydrogen) atoms. The molecule has 2 heterocycles. The van der Waals surface area contributed by atoms with E-state index in [1.165, 1.54) is 11.8 Å². The van der Waals surface area contributed by atoms with E-state index in [9.17, 15) is 0 Å². The Kier molecular flexibility index (Phi) is 5.43. The molecule has 0 unspecified atom stereocenters. The minimum absolute atomic E-state index is 0.422. The van der Waals surface area contributed by atoms with Gasteiger partial charge in [0.2, 0.25) is 16.9 Å². The lowest BCUT2D eigenvalue weighted by Crippen LogP contribution is -2.02. The van der Waals surface area contributed by atoms with Gasteiger partial charge in [-0.25, -0.2) is 0 Å². The zero-order valence-corrected chi connectivity index (χ0v) is 16.9. The molecule has 148 valence electrons. The number of aryl methyl sites for hydroxylation is 1. The van der Waals surface area contributed by atoms with Crippen LogP contribution in [0.5, 0.6) is 11.5 Å². The number of ether oxygens (including phenoxy) is 2. The maximum absolute atomic E-state index is 5.44. The minimum Gasteiger partial charge on any atom is -0.497 e. The van der Waals surface area contributed by atoms with Crippen molar-refractivity contribution in [1.82, 2.24) is 30.3 Å². The van der Waals surface area contributed by atoms with Crippen molar-refractivity contribution < 1.29 is 14.0 Å². The van der Waals surface area contributed by atoms with Crippen LogP contribution in [0.3, 0.4) is 0 Å². The van der Waals surface area contributed by atoms with Crippen LogP contribution in [0.2, 0.25) is 0 Å². The van der Waals surface area contributed by atoms with Gasteiger partial charge in [0.05, 0.1) is 20.0 Å². The van der Waals surface area contributed by atoms with Crippen LogP contribution in [0.1, 0.15) is 11.5 Å². The molecule has 0 aliphatic carbocycles. The van der Waals surface area contributed by atoms with Crippen molar-refractivity contribution in [2.24, 2.45) is 0 Å². The highest BCUT2D eigenvalue weighted by molar-refractivity contribution is 7.98. The second-order valence-corrected chi connectivity index (χ2v) is 7.02. The Balaban J connectivity index is 1.52. The average Bonchev–Trinajstić information content (AvgIpc) is 3.41. The molecule has 0 bridgehead atoms. The Morgan fingerprint density at radius 2 is 2.00 bits per heavy atom. The highest BCUT2D eigenvalue weighted by Gasteiger charge is 2.16. The molecule has 2 aromatic heterocycles. The van der Waals surface area contributed by atoms with Crippen molar-refractivity contribution in [2.45, 2.75) is 17.8 Å². The smallest absolute Gasteiger partial charge is 0.237 e. The lowest BCUT2D eigenvalue weighted by molar-refractivity contribution is 0.391. The second kappa shape index (κ2) is 8.31. The van der Waals surface area contributed by atoms with E-state index in [0.717, 1.165) is 22.6 Å². The summed E-state index contributed by atoms with van der Waals surface area (Å²) >= 11 is 1.39. The Hall–Kier alpha value is -3.40. The maximum atomic E-state index is 5.44. The quantitative estimate of drug-likeness (QED) is 0.425. The van der Waals surface area contributed by atoms with Gasteiger partial charge in [-0.2, -0.15) is 9.67 Å². The zero-order valence-electron chi connectivity index (χ0n) is 16.1. The van der Waals surface area contributed by atoms with E-state index in [1.54, 1.807) is 18.9 Å². The molecule has 0 saturated heterocycles. The molecule has 0 N–H and O–H groups in total. The van der Waals surface area contributed by atoms with E-state index in [-0.39, 0.29) is 0 Å². The SMILES string of the molecule is COc1cccc(-c2noc(CSc3nnnn3-c3cc(C)ccc3OC)n2)c1. The van der Waals surface area contributed by atoms with E-state index in [2.05, 4.69) is 25.7 Å². The highest BCUT2D eigenvalue weighted by atomic mass is 32.2. The number of hydrogen-bond donors (Lipinski definition) is 0. The van der Waals surface area contributed by atoms with Gasteiger partial charge in [0.15, 0.2) is 0 Å². The first kappa shape index (κ1) is 18.9. The molecular weight excluding hydrogens is 392 g/mol. The molecule has 2 aromatic carbocycles. The Bertz CT molecular complexity index is 1130. The third kappa shape index (κ3) is 4.06. The van der Waals surface area contributed by atoms with Gasteiger partial charge in [-0.1, -0.05) is 35.1 Å². The monoisotopic (exact) mass is 410 g/mol. The largest absolute Gasteiger partial charge is 0.497 e. The van der Waals surface area contributed by atoms with Crippen LogP contribution in [0.25, 0.3) is 17.1 Å². The summed E-state index contributed by atoms with van der Waals surface area (Å²) in [7, 11) is 3.23. The summed E-state index contributed by atoms with van der Waals surface area (Å²) in [5, 5.41) is 16.6. The van der Waals surface area contributed by atoms with Crippen molar-refractivity contribution in [3.05, 3.63) is 53.9 Å². The molecule has 0 amide bonds. The summed E-state index contributed by atoms with van der Waals surface area (Å²) in [5.41, 5.74) is 2.66. The molecule has 0 spiro atoms. The van der Waals surface area contributed by atoms with Gasteiger partial charge in [0.25, 0.3) is 0 Å². The van der Waals surface area contributed by atoms with E-state index < -0.39 is 0 Å². The predicted molar refractivity (Wildman–Crippen MR) is 106 cm³/mol. The fourth-order valence-corrected chi connectivity index (χ4v) is 3.43. The molecule has 4 aromatic rings. The van der Waals surface area contributed by atoms with Gasteiger partial charge in [0, 0.05) is 5.56 Å². The first-order valence-corrected chi connectivity index (χ1v) is 9.69. The highest BCUT2D eigenvalue weighted by Crippen LogP contribution is 2.29.